The van der Waals surface area contributed by atoms with Crippen LogP contribution >= 0.6 is 27.7 Å². The van der Waals surface area contributed by atoms with Crippen molar-refractivity contribution in [2.45, 2.75) is 4.90 Å². The van der Waals surface area contributed by atoms with E-state index < -0.39 is 11.8 Å². The Balaban J connectivity index is 1.75. The molecule has 7 heteroatoms. The van der Waals surface area contributed by atoms with Crippen LogP contribution in [0.4, 0.5) is 4.39 Å². The number of hydrogen-bond donors (Lipinski definition) is 2. The summed E-state index contributed by atoms with van der Waals surface area (Å²) in [5, 5.41) is 0. The molecule has 2 aromatic rings. The molecule has 2 N–H and O–H groups in total. The van der Waals surface area contributed by atoms with Crippen molar-refractivity contribution in [3.05, 3.63) is 70.5 Å². The number of amides is 2. The molecule has 2 rings (SSSR count). The maximum atomic E-state index is 13.4. The fourth-order valence-electron chi connectivity index (χ4n) is 1.70. The van der Waals surface area contributed by atoms with Gasteiger partial charge in [-0.25, -0.2) is 4.39 Å². The largest absolute Gasteiger partial charge is 0.272 e. The van der Waals surface area contributed by atoms with E-state index in [9.17, 15) is 14.0 Å². The number of carbonyl (C=O) groups excluding carboxylic acids is 2. The molecule has 0 saturated heterocycles. The molecule has 0 atom stereocenters. The van der Waals surface area contributed by atoms with E-state index in [1.807, 2.05) is 24.3 Å². The fraction of sp³-hybridized carbons (Fsp3) is 0.0588. The first-order chi connectivity index (χ1) is 11.5. The average Bonchev–Trinajstić information content (AvgIpc) is 2.57. The van der Waals surface area contributed by atoms with Gasteiger partial charge in [-0.15, -0.1) is 11.8 Å². The van der Waals surface area contributed by atoms with Gasteiger partial charge in [0.25, 0.3) is 5.91 Å². The maximum absolute atomic E-state index is 13.4. The molecule has 124 valence electrons. The van der Waals surface area contributed by atoms with Crippen LogP contribution in [0.5, 0.6) is 0 Å². The number of halogens is 2. The summed E-state index contributed by atoms with van der Waals surface area (Å²) in [7, 11) is 0. The minimum Gasteiger partial charge on any atom is -0.272 e. The lowest BCUT2D eigenvalue weighted by molar-refractivity contribution is -0.125. The van der Waals surface area contributed by atoms with Crippen LogP contribution in [0, 0.1) is 5.82 Å². The molecular weight excluding hydrogens is 395 g/mol. The Bertz CT molecular complexity index is 768. The zero-order valence-corrected chi connectivity index (χ0v) is 14.9. The van der Waals surface area contributed by atoms with Crippen LogP contribution in [0.25, 0.3) is 6.08 Å². The summed E-state index contributed by atoms with van der Waals surface area (Å²) >= 11 is 4.40. The molecule has 24 heavy (non-hydrogen) atoms. The number of hydrogen-bond acceptors (Lipinski definition) is 3. The zero-order valence-electron chi connectivity index (χ0n) is 12.5. The number of nitrogens with one attached hydrogen (secondary N) is 2. The predicted octanol–water partition coefficient (Wildman–Crippen LogP) is 3.54. The van der Waals surface area contributed by atoms with Gasteiger partial charge in [0.2, 0.25) is 5.91 Å². The van der Waals surface area contributed by atoms with E-state index in [2.05, 4.69) is 26.8 Å². The molecule has 2 aromatic carbocycles. The highest BCUT2D eigenvalue weighted by atomic mass is 79.9. The van der Waals surface area contributed by atoms with Crippen LogP contribution in [-0.4, -0.2) is 17.6 Å². The first kappa shape index (κ1) is 18.2. The van der Waals surface area contributed by atoms with Gasteiger partial charge in [0, 0.05) is 15.4 Å². The van der Waals surface area contributed by atoms with Crippen LogP contribution in [0.3, 0.4) is 0 Å². The second-order valence-electron chi connectivity index (χ2n) is 4.64. The minimum absolute atomic E-state index is 0.00341. The lowest BCUT2D eigenvalue weighted by Gasteiger charge is -2.05. The molecule has 2 amide bonds. The first-order valence-corrected chi connectivity index (χ1v) is 8.72. The Morgan fingerprint density at radius 1 is 1.12 bits per heavy atom. The van der Waals surface area contributed by atoms with Gasteiger partial charge in [0.05, 0.1) is 5.75 Å². The van der Waals surface area contributed by atoms with Crippen LogP contribution in [0.15, 0.2) is 64.0 Å². The third-order valence-electron chi connectivity index (χ3n) is 2.80. The highest BCUT2D eigenvalue weighted by Crippen LogP contribution is 2.20. The molecule has 0 saturated carbocycles. The Morgan fingerprint density at radius 3 is 2.67 bits per heavy atom. The van der Waals surface area contributed by atoms with Crippen molar-refractivity contribution >= 4 is 45.6 Å². The number of benzene rings is 2. The smallest absolute Gasteiger partial charge is 0.262 e. The monoisotopic (exact) mass is 408 g/mol. The standard InChI is InChI=1S/C17H14BrFN2O2S/c18-13-5-3-4-12(10-13)8-9-16(22)20-21-17(23)11-24-15-7-2-1-6-14(15)19/h1-10H,11H2,(H,20,22)(H,21,23)/b9-8+. The van der Waals surface area contributed by atoms with E-state index in [0.717, 1.165) is 21.8 Å². The molecule has 0 unspecified atom stereocenters. The zero-order chi connectivity index (χ0) is 17.4. The van der Waals surface area contributed by atoms with Gasteiger partial charge in [-0.1, -0.05) is 40.2 Å². The third-order valence-corrected chi connectivity index (χ3v) is 4.34. The van der Waals surface area contributed by atoms with E-state index in [0.29, 0.717) is 4.90 Å². The molecule has 0 aliphatic rings. The van der Waals surface area contributed by atoms with E-state index in [1.54, 1.807) is 24.3 Å². The number of carbonyl (C=O) groups is 2. The maximum Gasteiger partial charge on any atom is 0.262 e. The van der Waals surface area contributed by atoms with Crippen molar-refractivity contribution in [2.75, 3.05) is 5.75 Å². The molecule has 0 heterocycles. The molecule has 0 aliphatic carbocycles. The first-order valence-electron chi connectivity index (χ1n) is 6.94. The lowest BCUT2D eigenvalue weighted by Crippen LogP contribution is -2.41. The Hall–Kier alpha value is -2.12. The number of rotatable bonds is 5. The highest BCUT2D eigenvalue weighted by molar-refractivity contribution is 9.10. The summed E-state index contributed by atoms with van der Waals surface area (Å²) in [5.74, 6) is -1.26. The minimum atomic E-state index is -0.459. The van der Waals surface area contributed by atoms with E-state index in [-0.39, 0.29) is 11.6 Å². The molecular formula is C17H14BrFN2O2S. The van der Waals surface area contributed by atoms with Crippen LogP contribution in [-0.2, 0) is 9.59 Å². The van der Waals surface area contributed by atoms with Crippen molar-refractivity contribution < 1.29 is 14.0 Å². The van der Waals surface area contributed by atoms with Crippen molar-refractivity contribution in [1.29, 1.82) is 0 Å². The van der Waals surface area contributed by atoms with E-state index in [1.165, 1.54) is 12.1 Å². The van der Waals surface area contributed by atoms with Crippen LogP contribution in [0.1, 0.15) is 5.56 Å². The quantitative estimate of drug-likeness (QED) is 0.451. The predicted molar refractivity (Wildman–Crippen MR) is 96.6 cm³/mol. The lowest BCUT2D eigenvalue weighted by atomic mass is 10.2. The third kappa shape index (κ3) is 6.17. The SMILES string of the molecule is O=C(/C=C/c1cccc(Br)c1)NNC(=O)CSc1ccccc1F. The second-order valence-corrected chi connectivity index (χ2v) is 6.58. The topological polar surface area (TPSA) is 58.2 Å². The molecule has 0 fully saturated rings. The molecule has 4 nitrogen and oxygen atoms in total. The van der Waals surface area contributed by atoms with Crippen LogP contribution in [0.2, 0.25) is 0 Å². The van der Waals surface area contributed by atoms with Gasteiger partial charge in [0.15, 0.2) is 0 Å². The molecule has 0 bridgehead atoms. The molecule has 0 radical (unpaired) electrons. The van der Waals surface area contributed by atoms with E-state index in [4.69, 9.17) is 0 Å². The molecule has 0 spiro atoms. The second kappa shape index (κ2) is 9.24. The Morgan fingerprint density at radius 2 is 1.92 bits per heavy atom. The summed E-state index contributed by atoms with van der Waals surface area (Å²) in [6.45, 7) is 0. The van der Waals surface area contributed by atoms with Gasteiger partial charge in [-0.2, -0.15) is 0 Å². The normalized spacial score (nSPS) is 10.6. The van der Waals surface area contributed by atoms with Crippen molar-refractivity contribution in [3.63, 3.8) is 0 Å². The summed E-state index contributed by atoms with van der Waals surface area (Å²) in [5.41, 5.74) is 5.40. The van der Waals surface area contributed by atoms with Crippen molar-refractivity contribution in [1.82, 2.24) is 10.9 Å². The van der Waals surface area contributed by atoms with E-state index >= 15 is 0 Å². The fourth-order valence-corrected chi connectivity index (χ4v) is 2.85. The Kier molecular flexibility index (Phi) is 7.02. The number of hydrazine groups is 1. The number of thioether (sulfide) groups is 1. The highest BCUT2D eigenvalue weighted by Gasteiger charge is 2.06. The van der Waals surface area contributed by atoms with Crippen molar-refractivity contribution in [3.8, 4) is 0 Å². The van der Waals surface area contributed by atoms with Gasteiger partial charge in [-0.3, -0.25) is 20.4 Å². The summed E-state index contributed by atoms with van der Waals surface area (Å²) < 4.78 is 14.3. The van der Waals surface area contributed by atoms with Crippen molar-refractivity contribution in [2.24, 2.45) is 0 Å². The summed E-state index contributed by atoms with van der Waals surface area (Å²) in [6.07, 6.45) is 2.94. The van der Waals surface area contributed by atoms with Gasteiger partial charge in [-0.05, 0) is 35.9 Å². The van der Waals surface area contributed by atoms with Gasteiger partial charge >= 0.3 is 0 Å². The van der Waals surface area contributed by atoms with Crippen LogP contribution < -0.4 is 10.9 Å². The van der Waals surface area contributed by atoms with Gasteiger partial charge < -0.3 is 0 Å². The Labute approximate surface area is 151 Å². The summed E-state index contributed by atoms with van der Waals surface area (Å²) in [4.78, 5) is 23.7. The average molecular weight is 409 g/mol. The summed E-state index contributed by atoms with van der Waals surface area (Å²) in [6, 6.07) is 13.6. The molecule has 0 aliphatic heterocycles. The van der Waals surface area contributed by atoms with Gasteiger partial charge in [0.1, 0.15) is 5.82 Å². The molecule has 0 aromatic heterocycles.